The van der Waals surface area contributed by atoms with Crippen molar-refractivity contribution < 1.29 is 17.9 Å². The number of hydrogen-bond donors (Lipinski definition) is 1. The van der Waals surface area contributed by atoms with Crippen molar-refractivity contribution in [1.29, 1.82) is 0 Å². The maximum Gasteiger partial charge on any atom is 0.274 e. The fourth-order valence-electron chi connectivity index (χ4n) is 3.66. The molecule has 2 fully saturated rings. The van der Waals surface area contributed by atoms with Crippen LogP contribution in [0.15, 0.2) is 41.4 Å². The van der Waals surface area contributed by atoms with E-state index in [0.29, 0.717) is 37.0 Å². The third-order valence-corrected chi connectivity index (χ3v) is 7.36. The van der Waals surface area contributed by atoms with Gasteiger partial charge < -0.3 is 15.0 Å². The quantitative estimate of drug-likeness (QED) is 0.752. The van der Waals surface area contributed by atoms with Crippen LogP contribution in [0.25, 0.3) is 0 Å². The van der Waals surface area contributed by atoms with Gasteiger partial charge in [-0.2, -0.15) is 4.31 Å². The van der Waals surface area contributed by atoms with Crippen LogP contribution in [0.3, 0.4) is 0 Å². The van der Waals surface area contributed by atoms with Gasteiger partial charge in [-0.15, -0.1) is 0 Å². The van der Waals surface area contributed by atoms with E-state index in [-0.39, 0.29) is 10.6 Å². The highest BCUT2D eigenvalue weighted by molar-refractivity contribution is 7.89. The van der Waals surface area contributed by atoms with Crippen molar-refractivity contribution in [2.45, 2.75) is 17.7 Å². The molecule has 1 aromatic heterocycles. The second-order valence-corrected chi connectivity index (χ2v) is 9.58. The van der Waals surface area contributed by atoms with Crippen molar-refractivity contribution in [3.63, 3.8) is 0 Å². The van der Waals surface area contributed by atoms with Crippen LogP contribution >= 0.6 is 11.6 Å². The summed E-state index contributed by atoms with van der Waals surface area (Å²) in [4.78, 5) is 19.1. The summed E-state index contributed by atoms with van der Waals surface area (Å²) in [7, 11) is -3.69. The number of rotatable bonds is 5. The molecule has 3 heterocycles. The molecule has 0 saturated carbocycles. The minimum atomic E-state index is -3.69. The van der Waals surface area contributed by atoms with Gasteiger partial charge in [0.15, 0.2) is 0 Å². The fourth-order valence-corrected chi connectivity index (χ4v) is 5.26. The molecule has 160 valence electrons. The van der Waals surface area contributed by atoms with Crippen LogP contribution in [0.4, 0.5) is 11.4 Å². The summed E-state index contributed by atoms with van der Waals surface area (Å²) in [6, 6.07) is 7.95. The Labute approximate surface area is 180 Å². The van der Waals surface area contributed by atoms with Gasteiger partial charge in [0.25, 0.3) is 5.91 Å². The van der Waals surface area contributed by atoms with Gasteiger partial charge in [0.2, 0.25) is 10.0 Å². The van der Waals surface area contributed by atoms with Crippen LogP contribution in [0.5, 0.6) is 0 Å². The second-order valence-electron chi connectivity index (χ2n) is 7.20. The van der Waals surface area contributed by atoms with Crippen LogP contribution in [-0.2, 0) is 14.8 Å². The SMILES string of the molecule is O=C(Nc1cc(S(=O)(=O)N2CCOCC2)ccc1N1CCCC1)c1cc(Cl)ccn1. The van der Waals surface area contributed by atoms with Gasteiger partial charge in [-0.3, -0.25) is 9.78 Å². The minimum absolute atomic E-state index is 0.140. The number of sulfonamides is 1. The number of morpholine rings is 1. The molecule has 30 heavy (non-hydrogen) atoms. The average Bonchev–Trinajstić information content (AvgIpc) is 3.29. The number of nitrogens with zero attached hydrogens (tertiary/aromatic N) is 3. The smallest absolute Gasteiger partial charge is 0.274 e. The zero-order chi connectivity index (χ0) is 21.1. The van der Waals surface area contributed by atoms with Crippen LogP contribution in [0, 0.1) is 0 Å². The van der Waals surface area contributed by atoms with E-state index in [4.69, 9.17) is 16.3 Å². The third-order valence-electron chi connectivity index (χ3n) is 5.23. The number of aromatic nitrogens is 1. The van der Waals surface area contributed by atoms with E-state index in [1.165, 1.54) is 22.6 Å². The molecule has 1 aromatic carbocycles. The van der Waals surface area contributed by atoms with Gasteiger partial charge in [-0.05, 0) is 43.2 Å². The lowest BCUT2D eigenvalue weighted by Gasteiger charge is -2.27. The van der Waals surface area contributed by atoms with E-state index < -0.39 is 15.9 Å². The number of nitrogens with one attached hydrogen (secondary N) is 1. The van der Waals surface area contributed by atoms with Gasteiger partial charge in [0.1, 0.15) is 5.69 Å². The molecule has 2 saturated heterocycles. The first-order valence-corrected chi connectivity index (χ1v) is 11.7. The molecule has 0 radical (unpaired) electrons. The molecule has 2 aliphatic heterocycles. The van der Waals surface area contributed by atoms with E-state index in [1.807, 2.05) is 0 Å². The van der Waals surface area contributed by atoms with E-state index in [2.05, 4.69) is 15.2 Å². The Morgan fingerprint density at radius 1 is 1.07 bits per heavy atom. The Hall–Kier alpha value is -2.20. The van der Waals surface area contributed by atoms with Crippen molar-refractivity contribution in [3.8, 4) is 0 Å². The molecular weight excluding hydrogens is 428 g/mol. The Kier molecular flexibility index (Phi) is 6.24. The van der Waals surface area contributed by atoms with Crippen molar-refractivity contribution in [2.24, 2.45) is 0 Å². The number of carbonyl (C=O) groups is 1. The summed E-state index contributed by atoms with van der Waals surface area (Å²) in [6.45, 7) is 3.07. The first-order chi connectivity index (χ1) is 14.4. The molecule has 2 aliphatic rings. The van der Waals surface area contributed by atoms with E-state index in [1.54, 1.807) is 18.2 Å². The largest absolute Gasteiger partial charge is 0.379 e. The Balaban J connectivity index is 1.68. The van der Waals surface area contributed by atoms with Gasteiger partial charge in [-0.1, -0.05) is 11.6 Å². The first kappa shape index (κ1) is 21.0. The number of anilines is 2. The fraction of sp³-hybridized carbons (Fsp3) is 0.400. The van der Waals surface area contributed by atoms with Crippen molar-refractivity contribution in [2.75, 3.05) is 49.6 Å². The Bertz CT molecular complexity index is 1030. The maximum absolute atomic E-state index is 13.1. The molecule has 0 spiro atoms. The minimum Gasteiger partial charge on any atom is -0.379 e. The molecule has 1 N–H and O–H groups in total. The third kappa shape index (κ3) is 4.44. The zero-order valence-corrected chi connectivity index (χ0v) is 18.0. The molecule has 0 aliphatic carbocycles. The number of benzene rings is 1. The van der Waals surface area contributed by atoms with Gasteiger partial charge in [0, 0.05) is 37.4 Å². The summed E-state index contributed by atoms with van der Waals surface area (Å²) in [5.41, 5.74) is 1.40. The van der Waals surface area contributed by atoms with E-state index >= 15 is 0 Å². The number of pyridine rings is 1. The molecule has 8 nitrogen and oxygen atoms in total. The van der Waals surface area contributed by atoms with Gasteiger partial charge in [0.05, 0.1) is 29.5 Å². The number of carbonyl (C=O) groups excluding carboxylic acids is 1. The highest BCUT2D eigenvalue weighted by Crippen LogP contribution is 2.33. The van der Waals surface area contributed by atoms with E-state index in [9.17, 15) is 13.2 Å². The van der Waals surface area contributed by atoms with Crippen molar-refractivity contribution in [1.82, 2.24) is 9.29 Å². The number of halogens is 1. The highest BCUT2D eigenvalue weighted by atomic mass is 35.5. The molecular formula is C20H23ClN4O4S. The summed E-state index contributed by atoms with van der Waals surface area (Å²) >= 11 is 5.97. The lowest BCUT2D eigenvalue weighted by molar-refractivity contribution is 0.0730. The standard InChI is InChI=1S/C20H23ClN4O4S/c21-15-5-6-22-18(13-15)20(26)23-17-14-16(3-4-19(17)24-7-1-2-8-24)30(27,28)25-9-11-29-12-10-25/h3-6,13-14H,1-2,7-12H2,(H,23,26). The molecule has 0 bridgehead atoms. The molecule has 10 heteroatoms. The summed E-state index contributed by atoms with van der Waals surface area (Å²) < 4.78 is 32.8. The van der Waals surface area contributed by atoms with Crippen LogP contribution in [0.1, 0.15) is 23.3 Å². The summed E-state index contributed by atoms with van der Waals surface area (Å²) in [6.07, 6.45) is 3.56. The van der Waals surface area contributed by atoms with Gasteiger partial charge >= 0.3 is 0 Å². The lowest BCUT2D eigenvalue weighted by atomic mass is 10.2. The molecule has 4 rings (SSSR count). The zero-order valence-electron chi connectivity index (χ0n) is 16.4. The summed E-state index contributed by atoms with van der Waals surface area (Å²) in [5.74, 6) is -0.445. The number of amides is 1. The topological polar surface area (TPSA) is 91.8 Å². The molecule has 2 aromatic rings. The number of hydrogen-bond acceptors (Lipinski definition) is 6. The summed E-state index contributed by atoms with van der Waals surface area (Å²) in [5, 5.41) is 3.24. The van der Waals surface area contributed by atoms with Crippen molar-refractivity contribution in [3.05, 3.63) is 47.2 Å². The molecule has 0 atom stereocenters. The normalized spacial score (nSPS) is 17.8. The van der Waals surface area contributed by atoms with Crippen LogP contribution in [-0.4, -0.2) is 63.0 Å². The van der Waals surface area contributed by atoms with Gasteiger partial charge in [-0.25, -0.2) is 8.42 Å². The predicted octanol–water partition coefficient (Wildman–Crippen LogP) is 2.61. The van der Waals surface area contributed by atoms with Crippen LogP contribution < -0.4 is 10.2 Å². The molecule has 1 amide bonds. The monoisotopic (exact) mass is 450 g/mol. The Morgan fingerprint density at radius 2 is 1.80 bits per heavy atom. The Morgan fingerprint density at radius 3 is 2.50 bits per heavy atom. The molecule has 0 unspecified atom stereocenters. The number of ether oxygens (including phenoxy) is 1. The first-order valence-electron chi connectivity index (χ1n) is 9.85. The highest BCUT2D eigenvalue weighted by Gasteiger charge is 2.28. The van der Waals surface area contributed by atoms with E-state index in [0.717, 1.165) is 31.6 Å². The van der Waals surface area contributed by atoms with Crippen LogP contribution in [0.2, 0.25) is 5.02 Å². The second kappa shape index (κ2) is 8.89. The maximum atomic E-state index is 13.1. The van der Waals surface area contributed by atoms with Crippen molar-refractivity contribution >= 4 is 38.9 Å². The predicted molar refractivity (Wildman–Crippen MR) is 115 cm³/mol. The average molecular weight is 451 g/mol. The lowest BCUT2D eigenvalue weighted by Crippen LogP contribution is -2.40.